The van der Waals surface area contributed by atoms with Gasteiger partial charge in [0.25, 0.3) is 0 Å². The van der Waals surface area contributed by atoms with Crippen LogP contribution in [0, 0.1) is 11.3 Å². The molecule has 2 N–H and O–H groups in total. The maximum absolute atomic E-state index is 12.6. The fourth-order valence-corrected chi connectivity index (χ4v) is 3.77. The van der Waals surface area contributed by atoms with Gasteiger partial charge in [0.2, 0.25) is 10.0 Å². The van der Waals surface area contributed by atoms with Gasteiger partial charge in [0.1, 0.15) is 0 Å². The largest absolute Gasteiger partial charge is 0.377 e. The molecular formula is C21H19N3O2S. The fourth-order valence-electron chi connectivity index (χ4n) is 2.68. The molecule has 0 aliphatic carbocycles. The van der Waals surface area contributed by atoms with Gasteiger partial charge < -0.3 is 5.32 Å². The molecule has 0 heterocycles. The Hall–Kier alpha value is -3.14. The van der Waals surface area contributed by atoms with E-state index in [9.17, 15) is 8.42 Å². The molecular weight excluding hydrogens is 358 g/mol. The van der Waals surface area contributed by atoms with Gasteiger partial charge in [0, 0.05) is 12.2 Å². The molecule has 0 bridgehead atoms. The van der Waals surface area contributed by atoms with Gasteiger partial charge in [-0.3, -0.25) is 0 Å². The summed E-state index contributed by atoms with van der Waals surface area (Å²) in [4.78, 5) is 0.0769. The number of benzene rings is 3. The lowest BCUT2D eigenvalue weighted by atomic mass is 10.1. The third kappa shape index (κ3) is 4.94. The van der Waals surface area contributed by atoms with E-state index < -0.39 is 10.0 Å². The first-order valence-corrected chi connectivity index (χ1v) is 9.93. The second-order valence-electron chi connectivity index (χ2n) is 5.97. The van der Waals surface area contributed by atoms with E-state index in [-0.39, 0.29) is 17.5 Å². The van der Waals surface area contributed by atoms with Gasteiger partial charge in [-0.2, -0.15) is 5.26 Å². The Morgan fingerprint density at radius 1 is 0.889 bits per heavy atom. The number of hydrogen-bond donors (Lipinski definition) is 2. The van der Waals surface area contributed by atoms with Crippen molar-refractivity contribution in [3.8, 4) is 6.07 Å². The first-order valence-electron chi connectivity index (χ1n) is 8.45. The summed E-state index contributed by atoms with van der Waals surface area (Å²) in [6.45, 7) is 0.165. The van der Waals surface area contributed by atoms with Crippen molar-refractivity contribution in [3.63, 3.8) is 0 Å². The second-order valence-corrected chi connectivity index (χ2v) is 7.73. The second kappa shape index (κ2) is 8.49. The number of hydrogen-bond acceptors (Lipinski definition) is 4. The molecule has 3 rings (SSSR count). The minimum atomic E-state index is -3.73. The smallest absolute Gasteiger partial charge is 0.240 e. The predicted molar refractivity (Wildman–Crippen MR) is 106 cm³/mol. The van der Waals surface area contributed by atoms with Crippen molar-refractivity contribution in [2.24, 2.45) is 0 Å². The highest BCUT2D eigenvalue weighted by Crippen LogP contribution is 2.20. The van der Waals surface area contributed by atoms with E-state index in [2.05, 4.69) is 10.0 Å². The fraction of sp³-hybridized carbons (Fsp3) is 0.0952. The standard InChI is InChI=1S/C21H19N3O2S/c22-15-17-8-7-13-20(14-17)27(25,26)23-16-21(18-9-3-1-4-10-18)24-19-11-5-2-6-12-19/h1-14,21,23-24H,16H2. The van der Waals surface area contributed by atoms with E-state index in [4.69, 9.17) is 5.26 Å². The summed E-state index contributed by atoms with van der Waals surface area (Å²) in [5.74, 6) is 0. The van der Waals surface area contributed by atoms with Gasteiger partial charge in [-0.1, -0.05) is 54.6 Å². The van der Waals surface area contributed by atoms with Crippen LogP contribution < -0.4 is 10.0 Å². The van der Waals surface area contributed by atoms with Gasteiger partial charge in [-0.15, -0.1) is 0 Å². The molecule has 0 fully saturated rings. The van der Waals surface area contributed by atoms with Gasteiger partial charge in [0.05, 0.1) is 22.6 Å². The summed E-state index contributed by atoms with van der Waals surface area (Å²) in [5, 5.41) is 12.3. The molecule has 136 valence electrons. The van der Waals surface area contributed by atoms with Gasteiger partial charge in [-0.25, -0.2) is 13.1 Å². The zero-order chi connectivity index (χ0) is 19.1. The molecule has 0 aromatic heterocycles. The highest BCUT2D eigenvalue weighted by molar-refractivity contribution is 7.89. The Kier molecular flexibility index (Phi) is 5.87. The molecule has 1 unspecified atom stereocenters. The Balaban J connectivity index is 1.80. The lowest BCUT2D eigenvalue weighted by molar-refractivity contribution is 0.576. The van der Waals surface area contributed by atoms with Crippen LogP contribution in [0.15, 0.2) is 89.8 Å². The van der Waals surface area contributed by atoms with E-state index in [1.54, 1.807) is 12.1 Å². The molecule has 0 saturated carbocycles. The van der Waals surface area contributed by atoms with Crippen LogP contribution in [-0.4, -0.2) is 15.0 Å². The molecule has 0 aliphatic rings. The third-order valence-electron chi connectivity index (χ3n) is 4.07. The van der Waals surface area contributed by atoms with Crippen molar-refractivity contribution >= 4 is 15.7 Å². The zero-order valence-corrected chi connectivity index (χ0v) is 15.4. The van der Waals surface area contributed by atoms with Crippen molar-refractivity contribution in [2.75, 3.05) is 11.9 Å². The Morgan fingerprint density at radius 2 is 1.56 bits per heavy atom. The molecule has 0 saturated heterocycles. The number of rotatable bonds is 7. The number of anilines is 1. The Bertz CT molecular complexity index is 1030. The average molecular weight is 377 g/mol. The third-order valence-corrected chi connectivity index (χ3v) is 5.49. The number of nitriles is 1. The molecule has 27 heavy (non-hydrogen) atoms. The van der Waals surface area contributed by atoms with Gasteiger partial charge in [-0.05, 0) is 35.9 Å². The maximum atomic E-state index is 12.6. The van der Waals surface area contributed by atoms with E-state index in [0.29, 0.717) is 5.56 Å². The molecule has 3 aromatic carbocycles. The quantitative estimate of drug-likeness (QED) is 0.658. The van der Waals surface area contributed by atoms with Crippen LogP contribution in [-0.2, 0) is 10.0 Å². The number of sulfonamides is 1. The predicted octanol–water partition coefficient (Wildman–Crippen LogP) is 3.69. The van der Waals surface area contributed by atoms with Crippen molar-refractivity contribution in [1.82, 2.24) is 4.72 Å². The van der Waals surface area contributed by atoms with E-state index >= 15 is 0 Å². The highest BCUT2D eigenvalue weighted by atomic mass is 32.2. The molecule has 0 radical (unpaired) electrons. The topological polar surface area (TPSA) is 82.0 Å². The van der Waals surface area contributed by atoms with Crippen LogP contribution in [0.4, 0.5) is 5.69 Å². The summed E-state index contributed by atoms with van der Waals surface area (Å²) < 4.78 is 27.9. The lowest BCUT2D eigenvalue weighted by Gasteiger charge is -2.21. The maximum Gasteiger partial charge on any atom is 0.240 e. The molecule has 0 aliphatic heterocycles. The molecule has 5 nitrogen and oxygen atoms in total. The first-order chi connectivity index (χ1) is 13.1. The van der Waals surface area contributed by atoms with Crippen LogP contribution in [0.3, 0.4) is 0 Å². The summed E-state index contributed by atoms with van der Waals surface area (Å²) in [5.41, 5.74) is 2.17. The number of para-hydroxylation sites is 1. The normalized spacial score (nSPS) is 12.1. The van der Waals surface area contributed by atoms with Crippen molar-refractivity contribution < 1.29 is 8.42 Å². The zero-order valence-electron chi connectivity index (χ0n) is 14.5. The number of nitrogens with zero attached hydrogens (tertiary/aromatic N) is 1. The molecule has 1 atom stereocenters. The molecule has 0 spiro atoms. The molecule has 0 amide bonds. The van der Waals surface area contributed by atoms with Crippen molar-refractivity contribution in [3.05, 3.63) is 96.1 Å². The van der Waals surface area contributed by atoms with E-state index in [1.807, 2.05) is 66.7 Å². The van der Waals surface area contributed by atoms with Crippen LogP contribution in [0.25, 0.3) is 0 Å². The van der Waals surface area contributed by atoms with Crippen LogP contribution in [0.5, 0.6) is 0 Å². The van der Waals surface area contributed by atoms with Crippen LogP contribution in [0.2, 0.25) is 0 Å². The lowest BCUT2D eigenvalue weighted by Crippen LogP contribution is -2.31. The minimum absolute atomic E-state index is 0.0769. The van der Waals surface area contributed by atoms with Crippen molar-refractivity contribution in [2.45, 2.75) is 10.9 Å². The molecule has 3 aromatic rings. The summed E-state index contributed by atoms with van der Waals surface area (Å²) in [7, 11) is -3.73. The number of nitrogens with one attached hydrogen (secondary N) is 2. The Labute approximate surface area is 159 Å². The van der Waals surface area contributed by atoms with Crippen LogP contribution in [0.1, 0.15) is 17.2 Å². The van der Waals surface area contributed by atoms with E-state index in [1.165, 1.54) is 12.1 Å². The summed E-state index contributed by atoms with van der Waals surface area (Å²) >= 11 is 0. The first kappa shape index (κ1) is 18.6. The summed E-state index contributed by atoms with van der Waals surface area (Å²) in [6, 6.07) is 27.0. The summed E-state index contributed by atoms with van der Waals surface area (Å²) in [6.07, 6.45) is 0. The van der Waals surface area contributed by atoms with Gasteiger partial charge in [0.15, 0.2) is 0 Å². The van der Waals surface area contributed by atoms with Crippen LogP contribution >= 0.6 is 0 Å². The highest BCUT2D eigenvalue weighted by Gasteiger charge is 2.18. The van der Waals surface area contributed by atoms with E-state index in [0.717, 1.165) is 11.3 Å². The average Bonchev–Trinajstić information content (AvgIpc) is 2.72. The van der Waals surface area contributed by atoms with Gasteiger partial charge >= 0.3 is 0 Å². The monoisotopic (exact) mass is 377 g/mol. The SMILES string of the molecule is N#Cc1cccc(S(=O)(=O)NCC(Nc2ccccc2)c2ccccc2)c1. The molecule has 6 heteroatoms. The minimum Gasteiger partial charge on any atom is -0.377 e. The van der Waals surface area contributed by atoms with Crippen molar-refractivity contribution in [1.29, 1.82) is 5.26 Å². The Morgan fingerprint density at radius 3 is 2.22 bits per heavy atom.